The zero-order valence-corrected chi connectivity index (χ0v) is 18.0. The molecule has 1 unspecified atom stereocenters. The summed E-state index contributed by atoms with van der Waals surface area (Å²) in [6, 6.07) is 0. The minimum Gasteiger partial charge on any atom is -0.620 e. The first kappa shape index (κ1) is 18.3. The van der Waals surface area contributed by atoms with Crippen molar-refractivity contribution in [3.05, 3.63) is 62.5 Å². The highest BCUT2D eigenvalue weighted by Crippen LogP contribution is 2.57. The minimum absolute atomic E-state index is 0.0949. The zero-order chi connectivity index (χ0) is 22.3. The lowest BCUT2D eigenvalue weighted by Gasteiger charge is -2.47. The zero-order valence-electron chi connectivity index (χ0n) is 18.0. The second-order valence-electron chi connectivity index (χ2n) is 9.92. The van der Waals surface area contributed by atoms with E-state index in [1.54, 1.807) is 13.1 Å². The molecule has 2 aromatic rings. The summed E-state index contributed by atoms with van der Waals surface area (Å²) >= 11 is 0. The highest BCUT2D eigenvalue weighted by Gasteiger charge is 2.58. The fourth-order valence-corrected chi connectivity index (χ4v) is 6.82. The number of aliphatic imine (C=N–C) groups is 1. The predicted molar refractivity (Wildman–Crippen MR) is 126 cm³/mol. The molecule has 1 aromatic heterocycles. The Morgan fingerprint density at radius 3 is 3.12 bits per heavy atom. The van der Waals surface area contributed by atoms with Gasteiger partial charge in [-0.3, -0.25) is 14.4 Å². The molecule has 1 fully saturated rings. The molecular weight excluding hydrogens is 418 g/mol. The molecule has 6 aliphatic rings. The monoisotopic (exact) mass is 439 g/mol. The van der Waals surface area contributed by atoms with Crippen molar-refractivity contribution in [3.8, 4) is 0 Å². The Kier molecular flexibility index (Phi) is 3.06. The first-order valence-corrected chi connectivity index (χ1v) is 11.5. The molecular formula is C26H21N3O4. The lowest BCUT2D eigenvalue weighted by Crippen LogP contribution is -2.59. The van der Waals surface area contributed by atoms with Crippen LogP contribution in [0.25, 0.3) is 28.8 Å². The van der Waals surface area contributed by atoms with Crippen LogP contribution >= 0.6 is 0 Å². The fourth-order valence-electron chi connectivity index (χ4n) is 6.82. The number of nitrogens with zero attached hydrogens (tertiary/aromatic N) is 3. The number of ether oxygens (including phenoxy) is 1. The number of aliphatic hydroxyl groups excluding tert-OH is 1. The second kappa shape index (κ2) is 5.51. The van der Waals surface area contributed by atoms with Crippen LogP contribution in [0.2, 0.25) is 0 Å². The second-order valence-corrected chi connectivity index (χ2v) is 9.92. The Bertz CT molecular complexity index is 1620. The summed E-state index contributed by atoms with van der Waals surface area (Å²) in [7, 11) is 0. The van der Waals surface area contributed by atoms with Gasteiger partial charge in [0.05, 0.1) is 23.7 Å². The van der Waals surface area contributed by atoms with Gasteiger partial charge in [-0.15, -0.1) is 0 Å². The number of carbonyl (C=O) groups excluding carboxylic acids is 1. The Morgan fingerprint density at radius 1 is 1.36 bits per heavy atom. The van der Waals surface area contributed by atoms with Gasteiger partial charge >= 0.3 is 0 Å². The molecule has 0 amide bonds. The van der Waals surface area contributed by atoms with E-state index >= 15 is 5.21 Å². The summed E-state index contributed by atoms with van der Waals surface area (Å²) < 4.78 is 7.46. The van der Waals surface area contributed by atoms with Crippen LogP contribution in [0.3, 0.4) is 0 Å². The number of hydrogen-bond donors (Lipinski definition) is 1. The van der Waals surface area contributed by atoms with Gasteiger partial charge in [-0.05, 0) is 25.5 Å². The average Bonchev–Trinajstić information content (AvgIpc) is 3.45. The van der Waals surface area contributed by atoms with Crippen LogP contribution in [0.15, 0.2) is 35.0 Å². The van der Waals surface area contributed by atoms with Gasteiger partial charge in [-0.1, -0.05) is 18.2 Å². The summed E-state index contributed by atoms with van der Waals surface area (Å²) in [6.07, 6.45) is 13.4. The van der Waals surface area contributed by atoms with Crippen LogP contribution in [0.4, 0.5) is 5.69 Å². The molecule has 164 valence electrons. The molecule has 8 rings (SSSR count). The van der Waals surface area contributed by atoms with Crippen molar-refractivity contribution in [2.45, 2.75) is 50.7 Å². The number of quaternary nitrogens is 1. The van der Waals surface area contributed by atoms with Crippen molar-refractivity contribution in [2.75, 3.05) is 0 Å². The summed E-state index contributed by atoms with van der Waals surface area (Å²) in [5, 5.41) is 29.4. The molecule has 4 atom stereocenters. The Balaban J connectivity index is 1.68. The van der Waals surface area contributed by atoms with E-state index in [9.17, 15) is 9.90 Å². The van der Waals surface area contributed by atoms with E-state index in [4.69, 9.17) is 4.74 Å². The van der Waals surface area contributed by atoms with Crippen LogP contribution in [0.1, 0.15) is 47.7 Å². The van der Waals surface area contributed by atoms with Crippen molar-refractivity contribution < 1.29 is 14.6 Å². The molecule has 4 aliphatic heterocycles. The molecule has 5 heterocycles. The van der Waals surface area contributed by atoms with Gasteiger partial charge in [0.2, 0.25) is 6.23 Å². The van der Waals surface area contributed by atoms with E-state index in [0.29, 0.717) is 42.8 Å². The maximum absolute atomic E-state index is 15.1. The maximum atomic E-state index is 15.1. The number of rotatable bonds is 0. The molecule has 0 saturated carbocycles. The minimum atomic E-state index is -1.38. The molecule has 7 nitrogen and oxygen atoms in total. The number of Topliss-reactive ketones (excluding diaryl/α,β-unsaturated/α-hetero) is 1. The Labute approximate surface area is 188 Å². The highest BCUT2D eigenvalue weighted by atomic mass is 16.6. The largest absolute Gasteiger partial charge is 0.620 e. The van der Waals surface area contributed by atoms with Crippen molar-refractivity contribution >= 4 is 46.4 Å². The van der Waals surface area contributed by atoms with Crippen LogP contribution in [0, 0.1) is 5.21 Å². The normalized spacial score (nSPS) is 35.2. The number of carbonyl (C=O) groups is 1. The summed E-state index contributed by atoms with van der Waals surface area (Å²) in [4.78, 5) is 17.7. The number of hydroxylamine groups is 2. The van der Waals surface area contributed by atoms with E-state index in [-0.39, 0.29) is 11.9 Å². The molecule has 2 aliphatic carbocycles. The van der Waals surface area contributed by atoms with E-state index in [1.807, 2.05) is 30.5 Å². The van der Waals surface area contributed by atoms with Crippen LogP contribution in [-0.4, -0.2) is 39.6 Å². The van der Waals surface area contributed by atoms with E-state index < -0.39 is 16.5 Å². The number of ketones is 1. The quantitative estimate of drug-likeness (QED) is 0.387. The van der Waals surface area contributed by atoms with E-state index in [1.165, 1.54) is 0 Å². The van der Waals surface area contributed by atoms with Gasteiger partial charge < -0.3 is 19.6 Å². The smallest absolute Gasteiger partial charge is 0.233 e. The van der Waals surface area contributed by atoms with E-state index in [0.717, 1.165) is 38.2 Å². The van der Waals surface area contributed by atoms with Crippen LogP contribution in [-0.2, 0) is 11.3 Å². The van der Waals surface area contributed by atoms with Crippen LogP contribution < -0.4 is 15.2 Å². The standard InChI is InChI=1S/C26H21N3O4/c1-26-8-3-9-28-17-4-2-5-19(30)22(17)21-16-12-27-11-15(16)20-14-7-6-13(33-26)10-18(14)29(32,25(26)31)24(20)23(21)28/h3-4,6-8,11-13,25,31H,2,5,9-10H2,1H3/b8-3-/t13-,25-,26+,29?/m0/s1. The SMILES string of the molecule is C[C@]12/C=C\Cn3c4c(c5c6c(c7c(c53)[N+]([O-])(C3=C7C=C[C@@H](C3)O1)[C@H]2O)C=NC=6)C(=O)CCC=4. The van der Waals surface area contributed by atoms with E-state index in [2.05, 4.69) is 15.6 Å². The molecule has 0 radical (unpaired) electrons. The van der Waals surface area contributed by atoms with Gasteiger partial charge in [0, 0.05) is 52.5 Å². The fraction of sp³-hybridized carbons (Fsp3) is 0.308. The number of fused-ring (bicyclic) bond motifs is 9. The first-order valence-electron chi connectivity index (χ1n) is 11.5. The number of aliphatic hydroxyl groups is 1. The number of hydrogen-bond acceptors (Lipinski definition) is 5. The van der Waals surface area contributed by atoms with Crippen molar-refractivity contribution in [3.63, 3.8) is 0 Å². The Hall–Kier alpha value is -3.10. The van der Waals surface area contributed by atoms with Gasteiger partial charge in [0.15, 0.2) is 17.1 Å². The summed E-state index contributed by atoms with van der Waals surface area (Å²) in [5.41, 5.74) is 3.96. The molecule has 1 N–H and O–H groups in total. The van der Waals surface area contributed by atoms with Gasteiger partial charge in [-0.2, -0.15) is 0 Å². The molecule has 4 bridgehead atoms. The molecule has 1 aromatic carbocycles. The topological polar surface area (TPSA) is 86.9 Å². The molecule has 1 saturated heterocycles. The van der Waals surface area contributed by atoms with Crippen molar-refractivity contribution in [1.29, 1.82) is 0 Å². The number of benzene rings is 1. The van der Waals surface area contributed by atoms with Crippen molar-refractivity contribution in [2.24, 2.45) is 4.99 Å². The third-order valence-electron chi connectivity index (χ3n) is 8.17. The van der Waals surface area contributed by atoms with Gasteiger partial charge in [0.25, 0.3) is 0 Å². The predicted octanol–water partition coefficient (Wildman–Crippen LogP) is 2.10. The van der Waals surface area contributed by atoms with Gasteiger partial charge in [0.1, 0.15) is 11.2 Å². The lowest BCUT2D eigenvalue weighted by atomic mass is 9.90. The summed E-state index contributed by atoms with van der Waals surface area (Å²) in [6.45, 7) is 2.28. The number of allylic oxidation sites excluding steroid dienone is 3. The van der Waals surface area contributed by atoms with Gasteiger partial charge in [-0.25, -0.2) is 0 Å². The number of aromatic nitrogens is 1. The molecule has 7 heteroatoms. The molecule has 33 heavy (non-hydrogen) atoms. The highest BCUT2D eigenvalue weighted by molar-refractivity contribution is 6.18. The van der Waals surface area contributed by atoms with Crippen LogP contribution in [0.5, 0.6) is 0 Å². The van der Waals surface area contributed by atoms with Crippen molar-refractivity contribution in [1.82, 2.24) is 9.21 Å². The summed E-state index contributed by atoms with van der Waals surface area (Å²) in [5.74, 6) is 0.0949. The average molecular weight is 439 g/mol. The third-order valence-corrected chi connectivity index (χ3v) is 8.17. The maximum Gasteiger partial charge on any atom is 0.233 e. The molecule has 0 spiro atoms. The lowest BCUT2D eigenvalue weighted by molar-refractivity contribution is -0.122. The first-order chi connectivity index (χ1) is 15.9. The Morgan fingerprint density at radius 2 is 2.24 bits per heavy atom. The third kappa shape index (κ3) is 1.86.